The van der Waals surface area contributed by atoms with E-state index in [1.165, 1.54) is 0 Å². The van der Waals surface area contributed by atoms with Crippen molar-refractivity contribution >= 4 is 34.0 Å². The summed E-state index contributed by atoms with van der Waals surface area (Å²) in [4.78, 5) is 15.3. The Kier molecular flexibility index (Phi) is 4.86. The number of rotatable bonds is 4. The van der Waals surface area contributed by atoms with E-state index in [9.17, 15) is 0 Å². The van der Waals surface area contributed by atoms with E-state index in [-0.39, 0.29) is 0 Å². The number of piperazine rings is 1. The second kappa shape index (κ2) is 7.43. The van der Waals surface area contributed by atoms with Crippen molar-refractivity contribution in [3.05, 3.63) is 53.6 Å². The lowest BCUT2D eigenvalue weighted by Crippen LogP contribution is -2.50. The molecule has 3 aromatic rings. The molecule has 0 bridgehead atoms. The topological polar surface area (TPSA) is 66.0 Å². The number of hydrogen-bond acceptors (Lipinski definition) is 6. The summed E-state index contributed by atoms with van der Waals surface area (Å²) in [5.41, 5.74) is 4.90. The van der Waals surface area contributed by atoms with Crippen LogP contribution in [-0.2, 0) is 6.54 Å². The smallest absolute Gasteiger partial charge is 0.0890 e. The van der Waals surface area contributed by atoms with E-state index in [1.54, 1.807) is 18.6 Å². The van der Waals surface area contributed by atoms with Crippen LogP contribution < -0.4 is 15.5 Å². The number of aromatic nitrogens is 3. The van der Waals surface area contributed by atoms with Crippen LogP contribution in [0.15, 0.2) is 43.0 Å². The molecule has 0 spiro atoms. The van der Waals surface area contributed by atoms with Gasteiger partial charge in [-0.15, -0.1) is 0 Å². The van der Waals surface area contributed by atoms with E-state index < -0.39 is 0 Å². The van der Waals surface area contributed by atoms with Gasteiger partial charge in [-0.3, -0.25) is 15.0 Å². The molecule has 1 aromatic carbocycles. The molecule has 1 aliphatic heterocycles. The third-order valence-electron chi connectivity index (χ3n) is 4.68. The van der Waals surface area contributed by atoms with Crippen molar-refractivity contribution in [3.63, 3.8) is 0 Å². The molecular formula is C19H21ClN6. The number of nitrogens with zero attached hydrogens (tertiary/aromatic N) is 4. The van der Waals surface area contributed by atoms with Crippen LogP contribution in [0.4, 0.5) is 11.4 Å². The van der Waals surface area contributed by atoms with E-state index in [4.69, 9.17) is 11.6 Å². The molecule has 2 aromatic heterocycles. The molecular weight excluding hydrogens is 348 g/mol. The summed E-state index contributed by atoms with van der Waals surface area (Å²) in [6.45, 7) is 5.69. The molecule has 1 saturated heterocycles. The second-order valence-electron chi connectivity index (χ2n) is 6.50. The maximum absolute atomic E-state index is 6.51. The zero-order valence-corrected chi connectivity index (χ0v) is 15.4. The van der Waals surface area contributed by atoms with Gasteiger partial charge >= 0.3 is 0 Å². The molecule has 1 aliphatic rings. The lowest BCUT2D eigenvalue weighted by atomic mass is 10.1. The molecule has 0 saturated carbocycles. The Bertz CT molecular complexity index is 915. The molecule has 3 heterocycles. The Labute approximate surface area is 157 Å². The summed E-state index contributed by atoms with van der Waals surface area (Å²) in [7, 11) is 0. The predicted octanol–water partition coefficient (Wildman–Crippen LogP) is 3.09. The van der Waals surface area contributed by atoms with Crippen LogP contribution in [-0.4, -0.2) is 40.6 Å². The second-order valence-corrected chi connectivity index (χ2v) is 6.90. The standard InChI is InChI=1S/C19H21ClN6/c1-13-9-21-6-7-26(13)19-15(20)11-22-12-18(19)25-10-14-2-3-16-17(8-14)24-5-4-23-16/h2-5,8,11-13,21,25H,6-7,9-10H2,1H3/t13-/m0/s1. The van der Waals surface area contributed by atoms with Gasteiger partial charge in [0.25, 0.3) is 0 Å². The van der Waals surface area contributed by atoms with Crippen LogP contribution in [0.3, 0.4) is 0 Å². The van der Waals surface area contributed by atoms with Gasteiger partial charge in [0, 0.05) is 50.8 Å². The summed E-state index contributed by atoms with van der Waals surface area (Å²) in [5, 5.41) is 7.58. The van der Waals surface area contributed by atoms with Crippen LogP contribution >= 0.6 is 11.6 Å². The van der Waals surface area contributed by atoms with Crippen molar-refractivity contribution in [2.75, 3.05) is 29.9 Å². The highest BCUT2D eigenvalue weighted by atomic mass is 35.5. The Morgan fingerprint density at radius 2 is 2.08 bits per heavy atom. The molecule has 2 N–H and O–H groups in total. The molecule has 0 unspecified atom stereocenters. The molecule has 1 atom stereocenters. The third-order valence-corrected chi connectivity index (χ3v) is 4.95. The monoisotopic (exact) mass is 368 g/mol. The minimum Gasteiger partial charge on any atom is -0.378 e. The lowest BCUT2D eigenvalue weighted by Gasteiger charge is -2.37. The number of pyridine rings is 1. The maximum Gasteiger partial charge on any atom is 0.0890 e. The Morgan fingerprint density at radius 3 is 2.92 bits per heavy atom. The zero-order chi connectivity index (χ0) is 17.9. The largest absolute Gasteiger partial charge is 0.378 e. The molecule has 134 valence electrons. The summed E-state index contributed by atoms with van der Waals surface area (Å²) in [6, 6.07) is 6.49. The van der Waals surface area contributed by atoms with Gasteiger partial charge in [0.15, 0.2) is 0 Å². The molecule has 6 nitrogen and oxygen atoms in total. The van der Waals surface area contributed by atoms with Crippen LogP contribution in [0.2, 0.25) is 5.02 Å². The van der Waals surface area contributed by atoms with E-state index in [2.05, 4.69) is 49.5 Å². The normalized spacial score (nSPS) is 17.5. The van der Waals surface area contributed by atoms with E-state index >= 15 is 0 Å². The Morgan fingerprint density at radius 1 is 1.23 bits per heavy atom. The first-order valence-electron chi connectivity index (χ1n) is 8.77. The third kappa shape index (κ3) is 3.43. The van der Waals surface area contributed by atoms with Gasteiger partial charge in [0.2, 0.25) is 0 Å². The number of benzene rings is 1. The van der Waals surface area contributed by atoms with Crippen LogP contribution in [0.5, 0.6) is 0 Å². The molecule has 7 heteroatoms. The molecule has 4 rings (SSSR count). The van der Waals surface area contributed by atoms with Crippen molar-refractivity contribution in [1.82, 2.24) is 20.3 Å². The lowest BCUT2D eigenvalue weighted by molar-refractivity contribution is 0.501. The molecule has 26 heavy (non-hydrogen) atoms. The average molecular weight is 369 g/mol. The van der Waals surface area contributed by atoms with Gasteiger partial charge in [0.05, 0.1) is 33.6 Å². The number of hydrogen-bond donors (Lipinski definition) is 2. The number of nitrogens with one attached hydrogen (secondary N) is 2. The van der Waals surface area contributed by atoms with E-state index in [0.29, 0.717) is 17.6 Å². The van der Waals surface area contributed by atoms with Gasteiger partial charge in [-0.05, 0) is 24.6 Å². The highest BCUT2D eigenvalue weighted by molar-refractivity contribution is 6.33. The van der Waals surface area contributed by atoms with E-state index in [1.807, 2.05) is 12.3 Å². The van der Waals surface area contributed by atoms with Gasteiger partial charge < -0.3 is 15.5 Å². The predicted molar refractivity (Wildman–Crippen MR) is 106 cm³/mol. The quantitative estimate of drug-likeness (QED) is 0.737. The van der Waals surface area contributed by atoms with Crippen molar-refractivity contribution < 1.29 is 0 Å². The number of fused-ring (bicyclic) bond motifs is 1. The first-order chi connectivity index (χ1) is 12.7. The van der Waals surface area contributed by atoms with E-state index in [0.717, 1.165) is 47.6 Å². The van der Waals surface area contributed by atoms with Gasteiger partial charge in [-0.2, -0.15) is 0 Å². The Balaban J connectivity index is 1.58. The highest BCUT2D eigenvalue weighted by Crippen LogP contribution is 2.35. The van der Waals surface area contributed by atoms with Crippen molar-refractivity contribution in [1.29, 1.82) is 0 Å². The van der Waals surface area contributed by atoms with Crippen LogP contribution in [0, 0.1) is 0 Å². The fourth-order valence-electron chi connectivity index (χ4n) is 3.34. The van der Waals surface area contributed by atoms with Gasteiger partial charge in [-0.1, -0.05) is 17.7 Å². The summed E-state index contributed by atoms with van der Waals surface area (Å²) < 4.78 is 0. The molecule has 0 amide bonds. The fraction of sp³-hybridized carbons (Fsp3) is 0.316. The zero-order valence-electron chi connectivity index (χ0n) is 14.6. The Hall–Kier alpha value is -2.44. The minimum absolute atomic E-state index is 0.375. The summed E-state index contributed by atoms with van der Waals surface area (Å²) in [6.07, 6.45) is 6.97. The highest BCUT2D eigenvalue weighted by Gasteiger charge is 2.23. The van der Waals surface area contributed by atoms with Crippen molar-refractivity contribution in [2.24, 2.45) is 0 Å². The average Bonchev–Trinajstić information content (AvgIpc) is 2.67. The number of anilines is 2. The SMILES string of the molecule is C[C@H]1CNCCN1c1c(Cl)cncc1NCc1ccc2nccnc2c1. The first kappa shape index (κ1) is 17.0. The van der Waals surface area contributed by atoms with Crippen LogP contribution in [0.1, 0.15) is 12.5 Å². The summed E-state index contributed by atoms with van der Waals surface area (Å²) in [5.74, 6) is 0. The first-order valence-corrected chi connectivity index (χ1v) is 9.14. The molecule has 0 radical (unpaired) electrons. The van der Waals surface area contributed by atoms with Crippen LogP contribution in [0.25, 0.3) is 11.0 Å². The maximum atomic E-state index is 6.51. The van der Waals surface area contributed by atoms with Crippen molar-refractivity contribution in [2.45, 2.75) is 19.5 Å². The minimum atomic E-state index is 0.375. The fourth-order valence-corrected chi connectivity index (χ4v) is 3.61. The van der Waals surface area contributed by atoms with Gasteiger partial charge in [0.1, 0.15) is 0 Å². The van der Waals surface area contributed by atoms with Crippen molar-refractivity contribution in [3.8, 4) is 0 Å². The van der Waals surface area contributed by atoms with Gasteiger partial charge in [-0.25, -0.2) is 0 Å². The molecule has 0 aliphatic carbocycles. The molecule has 1 fully saturated rings. The summed E-state index contributed by atoms with van der Waals surface area (Å²) >= 11 is 6.51. The number of halogens is 1.